The van der Waals surface area contributed by atoms with E-state index in [1.165, 1.54) is 0 Å². The molecule has 2 N–H and O–H groups in total. The van der Waals surface area contributed by atoms with Crippen LogP contribution >= 0.6 is 0 Å². The van der Waals surface area contributed by atoms with E-state index in [4.69, 9.17) is 14.6 Å². The maximum absolute atomic E-state index is 5.41. The van der Waals surface area contributed by atoms with Crippen LogP contribution in [-0.2, 0) is 8.85 Å². The molecule has 0 aliphatic rings. The van der Waals surface area contributed by atoms with Crippen molar-refractivity contribution in [2.24, 2.45) is 5.73 Å². The molecule has 0 radical (unpaired) electrons. The molecule has 0 atom stereocenters. The Hall–Kier alpha value is 0.0969. The van der Waals surface area contributed by atoms with Crippen molar-refractivity contribution >= 4 is 8.56 Å². The van der Waals surface area contributed by atoms with Crippen molar-refractivity contribution in [3.63, 3.8) is 0 Å². The number of rotatable bonds is 6. The molecule has 0 unspecified atom stereocenters. The molecule has 0 bridgehead atoms. The van der Waals surface area contributed by atoms with Crippen molar-refractivity contribution in [3.05, 3.63) is 0 Å². The second kappa shape index (κ2) is 5.71. The van der Waals surface area contributed by atoms with Crippen LogP contribution in [0.15, 0.2) is 0 Å². The van der Waals surface area contributed by atoms with E-state index in [2.05, 4.69) is 6.92 Å². The lowest BCUT2D eigenvalue weighted by Crippen LogP contribution is -2.39. The predicted molar refractivity (Wildman–Crippen MR) is 48.7 cm³/mol. The van der Waals surface area contributed by atoms with Crippen molar-refractivity contribution < 1.29 is 8.85 Å². The minimum Gasteiger partial charge on any atom is -0.398 e. The van der Waals surface area contributed by atoms with E-state index in [1.54, 1.807) is 14.2 Å². The van der Waals surface area contributed by atoms with Crippen LogP contribution in [0.5, 0.6) is 0 Å². The Morgan fingerprint density at radius 1 is 1.27 bits per heavy atom. The van der Waals surface area contributed by atoms with E-state index in [-0.39, 0.29) is 0 Å². The molecule has 0 aromatic rings. The topological polar surface area (TPSA) is 44.5 Å². The first kappa shape index (κ1) is 11.1. The molecule has 0 amide bonds. The molecular formula is C7H19NO2Si. The number of hydrogen-bond acceptors (Lipinski definition) is 3. The molecule has 0 heterocycles. The Morgan fingerprint density at radius 2 is 1.82 bits per heavy atom. The molecule has 0 saturated heterocycles. The van der Waals surface area contributed by atoms with Gasteiger partial charge in [0.05, 0.1) is 0 Å². The fraction of sp³-hybridized carbons (Fsp3) is 1.00. The quantitative estimate of drug-likeness (QED) is 0.618. The second-order valence-electron chi connectivity index (χ2n) is 2.56. The van der Waals surface area contributed by atoms with Gasteiger partial charge in [0.2, 0.25) is 0 Å². The summed E-state index contributed by atoms with van der Waals surface area (Å²) < 4.78 is 10.8. The zero-order valence-electron chi connectivity index (χ0n) is 7.72. The van der Waals surface area contributed by atoms with Crippen LogP contribution in [-0.4, -0.2) is 29.3 Å². The third-order valence-electron chi connectivity index (χ3n) is 2.04. The summed E-state index contributed by atoms with van der Waals surface area (Å²) in [6.45, 7) is 2.83. The average Bonchev–Trinajstić information content (AvgIpc) is 2.08. The van der Waals surface area contributed by atoms with Gasteiger partial charge in [-0.05, 0) is 25.1 Å². The number of nitrogens with two attached hydrogens (primary N) is 1. The molecule has 0 fully saturated rings. The van der Waals surface area contributed by atoms with E-state index >= 15 is 0 Å². The molecule has 0 rings (SSSR count). The fourth-order valence-electron chi connectivity index (χ4n) is 1.12. The van der Waals surface area contributed by atoms with Gasteiger partial charge in [-0.25, -0.2) is 0 Å². The lowest BCUT2D eigenvalue weighted by Gasteiger charge is -2.25. The predicted octanol–water partition coefficient (Wildman–Crippen LogP) is 1.09. The maximum Gasteiger partial charge on any atom is 0.337 e. The van der Waals surface area contributed by atoms with Gasteiger partial charge in [0.25, 0.3) is 0 Å². The highest BCUT2D eigenvalue weighted by Crippen LogP contribution is 2.18. The lowest BCUT2D eigenvalue weighted by molar-refractivity contribution is 0.242. The number of hydrogen-bond donors (Lipinski definition) is 1. The highest BCUT2D eigenvalue weighted by Gasteiger charge is 2.31. The van der Waals surface area contributed by atoms with E-state index < -0.39 is 8.56 Å². The summed E-state index contributed by atoms with van der Waals surface area (Å²) in [7, 11) is 1.65. The maximum atomic E-state index is 5.41. The molecular weight excluding hydrogens is 158 g/mol. The minimum absolute atomic E-state index is 0.724. The molecule has 11 heavy (non-hydrogen) atoms. The van der Waals surface area contributed by atoms with Gasteiger partial charge in [-0.1, -0.05) is 6.92 Å². The summed E-state index contributed by atoms with van der Waals surface area (Å²) in [6, 6.07) is 2.01. The Balaban J connectivity index is 3.84. The van der Waals surface area contributed by atoms with Crippen LogP contribution in [0, 0.1) is 0 Å². The average molecular weight is 177 g/mol. The van der Waals surface area contributed by atoms with Crippen LogP contribution in [0.1, 0.15) is 13.3 Å². The van der Waals surface area contributed by atoms with Gasteiger partial charge in [0, 0.05) is 14.2 Å². The van der Waals surface area contributed by atoms with E-state index in [1.807, 2.05) is 0 Å². The lowest BCUT2D eigenvalue weighted by atomic mass is 10.5. The smallest absolute Gasteiger partial charge is 0.337 e. The molecule has 0 spiro atoms. The fourth-order valence-corrected chi connectivity index (χ4v) is 3.37. The summed E-state index contributed by atoms with van der Waals surface area (Å²) in [4.78, 5) is 0. The molecule has 4 heteroatoms. The van der Waals surface area contributed by atoms with Gasteiger partial charge in [-0.2, -0.15) is 0 Å². The molecule has 0 aromatic carbocycles. The van der Waals surface area contributed by atoms with E-state index in [9.17, 15) is 0 Å². The first-order valence-corrected chi connectivity index (χ1v) is 6.28. The van der Waals surface area contributed by atoms with Gasteiger partial charge in [-0.3, -0.25) is 0 Å². The highest BCUT2D eigenvalue weighted by molar-refractivity contribution is 6.67. The van der Waals surface area contributed by atoms with Crippen molar-refractivity contribution in [3.8, 4) is 0 Å². The van der Waals surface area contributed by atoms with Crippen LogP contribution in [0.25, 0.3) is 0 Å². The largest absolute Gasteiger partial charge is 0.398 e. The third kappa shape index (κ3) is 3.33. The van der Waals surface area contributed by atoms with Gasteiger partial charge in [0.15, 0.2) is 0 Å². The standard InChI is InChI=1S/C7H19NO2Si/c1-4-11(9-2,10-3)7-5-6-8/h4-8H2,1-3H3. The monoisotopic (exact) mass is 177 g/mol. The first-order chi connectivity index (χ1) is 5.24. The van der Waals surface area contributed by atoms with Crippen LogP contribution in [0.3, 0.4) is 0 Å². The third-order valence-corrected chi connectivity index (χ3v) is 5.73. The zero-order valence-corrected chi connectivity index (χ0v) is 8.72. The summed E-state index contributed by atoms with van der Waals surface area (Å²) >= 11 is 0. The van der Waals surface area contributed by atoms with Gasteiger partial charge in [0.1, 0.15) is 0 Å². The van der Waals surface area contributed by atoms with Crippen LogP contribution in [0.4, 0.5) is 0 Å². The minimum atomic E-state index is -1.82. The SMILES string of the molecule is CC[Si](CCCN)(OC)OC. The Labute approximate surface area is 70.1 Å². The first-order valence-electron chi connectivity index (χ1n) is 4.05. The molecule has 68 valence electrons. The molecule has 0 aromatic heterocycles. The van der Waals surface area contributed by atoms with Gasteiger partial charge >= 0.3 is 8.56 Å². The van der Waals surface area contributed by atoms with E-state index in [0.717, 1.165) is 25.1 Å². The van der Waals surface area contributed by atoms with Crippen molar-refractivity contribution in [1.82, 2.24) is 0 Å². The summed E-state index contributed by atoms with van der Waals surface area (Å²) in [5, 5.41) is 0. The Bertz CT molecular complexity index is 88.2. The van der Waals surface area contributed by atoms with E-state index in [0.29, 0.717) is 0 Å². The Kier molecular flexibility index (Phi) is 5.76. The molecule has 0 aliphatic carbocycles. The zero-order chi connectivity index (χ0) is 8.74. The Morgan fingerprint density at radius 3 is 2.09 bits per heavy atom. The van der Waals surface area contributed by atoms with Crippen LogP contribution < -0.4 is 5.73 Å². The highest BCUT2D eigenvalue weighted by atomic mass is 28.4. The van der Waals surface area contributed by atoms with Crippen molar-refractivity contribution in [1.29, 1.82) is 0 Å². The van der Waals surface area contributed by atoms with Crippen molar-refractivity contribution in [2.75, 3.05) is 20.8 Å². The summed E-state index contributed by atoms with van der Waals surface area (Å²) in [5.41, 5.74) is 5.41. The van der Waals surface area contributed by atoms with Crippen molar-refractivity contribution in [2.45, 2.75) is 25.4 Å². The normalized spacial score (nSPS) is 12.0. The van der Waals surface area contributed by atoms with Gasteiger partial charge < -0.3 is 14.6 Å². The van der Waals surface area contributed by atoms with Gasteiger partial charge in [-0.15, -0.1) is 0 Å². The molecule has 0 aliphatic heterocycles. The molecule has 0 saturated carbocycles. The summed E-state index contributed by atoms with van der Waals surface area (Å²) in [6.07, 6.45) is 1.00. The molecule has 3 nitrogen and oxygen atoms in total. The van der Waals surface area contributed by atoms with Crippen LogP contribution in [0.2, 0.25) is 12.1 Å². The summed E-state index contributed by atoms with van der Waals surface area (Å²) in [5.74, 6) is 0. The second-order valence-corrected chi connectivity index (χ2v) is 6.41.